The number of carbonyl (C=O) groups excluding carboxylic acids is 1. The van der Waals surface area contributed by atoms with Gasteiger partial charge in [0.05, 0.1) is 18.1 Å². The van der Waals surface area contributed by atoms with Crippen LogP contribution in [0.15, 0.2) is 29.2 Å². The molecule has 2 heterocycles. The number of benzene rings is 1. The van der Waals surface area contributed by atoms with E-state index in [0.29, 0.717) is 49.3 Å². The topological polar surface area (TPSA) is 79.0 Å². The Labute approximate surface area is 193 Å². The molecule has 0 spiro atoms. The van der Waals surface area contributed by atoms with Gasteiger partial charge in [0.15, 0.2) is 0 Å². The molecule has 0 aromatic heterocycles. The zero-order valence-corrected chi connectivity index (χ0v) is 20.4. The molecule has 0 radical (unpaired) electrons. The van der Waals surface area contributed by atoms with E-state index in [0.717, 1.165) is 57.6 Å². The summed E-state index contributed by atoms with van der Waals surface area (Å²) in [5, 5.41) is 3.09. The Hall–Kier alpha value is -1.48. The number of nitrogens with zero attached hydrogens (tertiary/aromatic N) is 2. The van der Waals surface area contributed by atoms with Gasteiger partial charge >= 0.3 is 0 Å². The maximum Gasteiger partial charge on any atom is 0.243 e. The predicted octanol–water partition coefficient (Wildman–Crippen LogP) is 2.66. The Morgan fingerprint density at radius 1 is 1.00 bits per heavy atom. The highest BCUT2D eigenvalue weighted by atomic mass is 32.2. The first-order chi connectivity index (χ1) is 15.4. The van der Waals surface area contributed by atoms with Crippen LogP contribution < -0.4 is 5.32 Å². The van der Waals surface area contributed by atoms with E-state index >= 15 is 0 Å². The molecule has 7 nitrogen and oxygen atoms in total. The van der Waals surface area contributed by atoms with Gasteiger partial charge in [-0.25, -0.2) is 8.42 Å². The van der Waals surface area contributed by atoms with Crippen molar-refractivity contribution in [1.82, 2.24) is 14.5 Å². The minimum absolute atomic E-state index is 0.0326. The van der Waals surface area contributed by atoms with Gasteiger partial charge in [0.1, 0.15) is 0 Å². The molecule has 3 rings (SSSR count). The number of hydrogen-bond acceptors (Lipinski definition) is 5. The van der Waals surface area contributed by atoms with Gasteiger partial charge in [0.25, 0.3) is 0 Å². The van der Waals surface area contributed by atoms with Gasteiger partial charge in [-0.05, 0) is 42.9 Å². The first-order valence-corrected chi connectivity index (χ1v) is 13.5. The lowest BCUT2D eigenvalue weighted by atomic mass is 10.0. The van der Waals surface area contributed by atoms with Crippen LogP contribution in [0.3, 0.4) is 0 Å². The van der Waals surface area contributed by atoms with Gasteiger partial charge < -0.3 is 10.1 Å². The van der Waals surface area contributed by atoms with Crippen molar-refractivity contribution in [2.75, 3.05) is 45.9 Å². The lowest BCUT2D eigenvalue weighted by molar-refractivity contribution is -0.121. The molecule has 0 aliphatic carbocycles. The van der Waals surface area contributed by atoms with Crippen LogP contribution in [-0.4, -0.2) is 75.5 Å². The number of amides is 1. The molecular formula is C24H39N3O4S. The second-order valence-electron chi connectivity index (χ2n) is 9.23. The largest absolute Gasteiger partial charge is 0.379 e. The number of morpholine rings is 1. The minimum Gasteiger partial charge on any atom is -0.379 e. The zero-order valence-electron chi connectivity index (χ0n) is 19.6. The monoisotopic (exact) mass is 465 g/mol. The smallest absolute Gasteiger partial charge is 0.243 e. The van der Waals surface area contributed by atoms with Gasteiger partial charge in [0, 0.05) is 45.2 Å². The molecular weight excluding hydrogens is 426 g/mol. The maximum atomic E-state index is 12.9. The van der Waals surface area contributed by atoms with Gasteiger partial charge in [-0.3, -0.25) is 9.69 Å². The highest BCUT2D eigenvalue weighted by Crippen LogP contribution is 2.21. The van der Waals surface area contributed by atoms with Crippen LogP contribution in [0.2, 0.25) is 0 Å². The average Bonchev–Trinajstić information content (AvgIpc) is 3.09. The van der Waals surface area contributed by atoms with E-state index in [2.05, 4.69) is 24.1 Å². The molecule has 2 fully saturated rings. The molecule has 32 heavy (non-hydrogen) atoms. The molecule has 2 saturated heterocycles. The molecule has 8 heteroatoms. The summed E-state index contributed by atoms with van der Waals surface area (Å²) in [4.78, 5) is 15.2. The van der Waals surface area contributed by atoms with Crippen LogP contribution >= 0.6 is 0 Å². The standard InChI is InChI=1S/C24H39N3O4S/c1-20(2)23(26-15-17-31-18-16-26)19-25-24(28)12-9-21-7-10-22(11-8-21)32(29,30)27-13-5-3-4-6-14-27/h7-8,10-11,20,23H,3-6,9,12-19H2,1-2H3,(H,25,28). The number of nitrogens with one attached hydrogen (secondary N) is 1. The van der Waals surface area contributed by atoms with E-state index in [1.165, 1.54) is 0 Å². The van der Waals surface area contributed by atoms with Gasteiger partial charge in [0.2, 0.25) is 15.9 Å². The average molecular weight is 466 g/mol. The van der Waals surface area contributed by atoms with Crippen molar-refractivity contribution in [2.24, 2.45) is 5.92 Å². The van der Waals surface area contributed by atoms with Crippen LogP contribution in [-0.2, 0) is 26.0 Å². The predicted molar refractivity (Wildman–Crippen MR) is 126 cm³/mol. The Kier molecular flexibility index (Phi) is 9.52. The number of sulfonamides is 1. The number of hydrogen-bond donors (Lipinski definition) is 1. The molecule has 2 aliphatic rings. The van der Waals surface area contributed by atoms with E-state index in [-0.39, 0.29) is 5.91 Å². The Bertz CT molecular complexity index is 812. The summed E-state index contributed by atoms with van der Waals surface area (Å²) in [5.74, 6) is 0.484. The molecule has 1 N–H and O–H groups in total. The van der Waals surface area contributed by atoms with Gasteiger partial charge in [-0.15, -0.1) is 0 Å². The number of rotatable bonds is 9. The lowest BCUT2D eigenvalue weighted by Crippen LogP contribution is -2.51. The normalized spacial score (nSPS) is 20.1. The molecule has 1 aromatic carbocycles. The Morgan fingerprint density at radius 2 is 1.62 bits per heavy atom. The lowest BCUT2D eigenvalue weighted by Gasteiger charge is -2.36. The van der Waals surface area contributed by atoms with Crippen LogP contribution in [0.5, 0.6) is 0 Å². The second kappa shape index (κ2) is 12.1. The summed E-state index contributed by atoms with van der Waals surface area (Å²) in [5.41, 5.74) is 0.976. The molecule has 1 amide bonds. The summed E-state index contributed by atoms with van der Waals surface area (Å²) >= 11 is 0. The van der Waals surface area contributed by atoms with E-state index in [9.17, 15) is 13.2 Å². The van der Waals surface area contributed by atoms with Crippen molar-refractivity contribution >= 4 is 15.9 Å². The number of ether oxygens (including phenoxy) is 1. The quantitative estimate of drug-likeness (QED) is 0.607. The second-order valence-corrected chi connectivity index (χ2v) is 11.2. The third-order valence-electron chi connectivity index (χ3n) is 6.56. The Morgan fingerprint density at radius 3 is 2.22 bits per heavy atom. The SMILES string of the molecule is CC(C)C(CNC(=O)CCc1ccc(S(=O)(=O)N2CCCCCC2)cc1)N1CCOCC1. The highest BCUT2D eigenvalue weighted by Gasteiger charge is 2.25. The minimum atomic E-state index is -3.43. The summed E-state index contributed by atoms with van der Waals surface area (Å²) in [6.45, 7) is 9.54. The fourth-order valence-corrected chi connectivity index (χ4v) is 6.04. The van der Waals surface area contributed by atoms with Crippen LogP contribution in [0.4, 0.5) is 0 Å². The fraction of sp³-hybridized carbons (Fsp3) is 0.708. The Balaban J connectivity index is 1.48. The van der Waals surface area contributed by atoms with Crippen LogP contribution in [0.25, 0.3) is 0 Å². The van der Waals surface area contributed by atoms with Crippen molar-refractivity contribution in [3.63, 3.8) is 0 Å². The summed E-state index contributed by atoms with van der Waals surface area (Å²) < 4.78 is 32.9. The molecule has 0 bridgehead atoms. The van der Waals surface area contributed by atoms with Crippen molar-refractivity contribution in [3.05, 3.63) is 29.8 Å². The molecule has 1 aromatic rings. The van der Waals surface area contributed by atoms with E-state index in [4.69, 9.17) is 4.74 Å². The third kappa shape index (κ3) is 7.01. The van der Waals surface area contributed by atoms with Crippen molar-refractivity contribution in [3.8, 4) is 0 Å². The van der Waals surface area contributed by atoms with Crippen molar-refractivity contribution < 1.29 is 17.9 Å². The first-order valence-electron chi connectivity index (χ1n) is 12.1. The van der Waals surface area contributed by atoms with Crippen LogP contribution in [0.1, 0.15) is 51.5 Å². The van der Waals surface area contributed by atoms with E-state index < -0.39 is 10.0 Å². The number of carbonyl (C=O) groups is 1. The molecule has 1 unspecified atom stereocenters. The summed E-state index contributed by atoms with van der Waals surface area (Å²) in [6, 6.07) is 7.35. The first kappa shape index (κ1) is 25.1. The zero-order chi connectivity index (χ0) is 23.0. The van der Waals surface area contributed by atoms with Gasteiger partial charge in [-0.1, -0.05) is 38.8 Å². The fourth-order valence-electron chi connectivity index (χ4n) is 4.52. The van der Waals surface area contributed by atoms with Crippen molar-refractivity contribution in [2.45, 2.75) is 63.3 Å². The number of aryl methyl sites for hydroxylation is 1. The third-order valence-corrected chi connectivity index (χ3v) is 8.47. The molecule has 1 atom stereocenters. The van der Waals surface area contributed by atoms with Crippen molar-refractivity contribution in [1.29, 1.82) is 0 Å². The van der Waals surface area contributed by atoms with Crippen LogP contribution in [0, 0.1) is 5.92 Å². The summed E-state index contributed by atoms with van der Waals surface area (Å²) in [6.07, 6.45) is 5.03. The summed E-state index contributed by atoms with van der Waals surface area (Å²) in [7, 11) is -3.43. The van der Waals surface area contributed by atoms with E-state index in [1.54, 1.807) is 16.4 Å². The molecule has 0 saturated carbocycles. The maximum absolute atomic E-state index is 12.9. The molecule has 180 valence electrons. The van der Waals surface area contributed by atoms with E-state index in [1.807, 2.05) is 12.1 Å². The van der Waals surface area contributed by atoms with Gasteiger partial charge in [-0.2, -0.15) is 4.31 Å². The highest BCUT2D eigenvalue weighted by molar-refractivity contribution is 7.89. The molecule has 2 aliphatic heterocycles.